The molecule has 0 aliphatic carbocycles. The first-order chi connectivity index (χ1) is 6.72. The van der Waals surface area contributed by atoms with E-state index in [2.05, 4.69) is 20.3 Å². The van der Waals surface area contributed by atoms with Crippen LogP contribution in [0.1, 0.15) is 0 Å². The molecule has 0 saturated carbocycles. The molecule has 2 rings (SSSR count). The number of aromatic hydroxyl groups is 2. The quantitative estimate of drug-likeness (QED) is 0.524. The normalized spacial score (nSPS) is 10.3. The average molecular weight is 194 g/mol. The van der Waals surface area contributed by atoms with Crippen LogP contribution in [-0.2, 0) is 0 Å². The number of aromatic nitrogens is 4. The lowest BCUT2D eigenvalue weighted by atomic mass is 10.6. The van der Waals surface area contributed by atoms with Crippen molar-refractivity contribution in [2.75, 3.05) is 0 Å². The van der Waals surface area contributed by atoms with Crippen LogP contribution in [0.5, 0.6) is 11.8 Å². The van der Waals surface area contributed by atoms with Crippen molar-refractivity contribution < 1.29 is 10.2 Å². The molecule has 8 heteroatoms. The van der Waals surface area contributed by atoms with Gasteiger partial charge in [-0.2, -0.15) is 4.98 Å². The molecule has 4 N–H and O–H groups in total. The van der Waals surface area contributed by atoms with E-state index in [9.17, 15) is 10.2 Å². The van der Waals surface area contributed by atoms with Gasteiger partial charge in [-0.05, 0) is 0 Å². The van der Waals surface area contributed by atoms with E-state index in [1.807, 2.05) is 0 Å². The molecule has 72 valence electrons. The van der Waals surface area contributed by atoms with Crippen LogP contribution in [0.4, 0.5) is 5.95 Å². The molecule has 0 bridgehead atoms. The van der Waals surface area contributed by atoms with E-state index in [1.165, 1.54) is 12.1 Å². The molecule has 0 unspecified atom stereocenters. The van der Waals surface area contributed by atoms with Crippen molar-refractivity contribution in [2.24, 2.45) is 5.11 Å². The standard InChI is InChI=1S/C6H6N6O2/c7-9-5-8-6(11-10-5)12-3(13)1-2-4(12)14/h1-2,7,13-14H,(H,8,10,11). The Morgan fingerprint density at radius 2 is 2.00 bits per heavy atom. The van der Waals surface area contributed by atoms with Gasteiger partial charge in [-0.15, -0.1) is 10.2 Å². The van der Waals surface area contributed by atoms with Crippen LogP contribution in [0.3, 0.4) is 0 Å². The fourth-order valence-electron chi connectivity index (χ4n) is 1.02. The van der Waals surface area contributed by atoms with Crippen molar-refractivity contribution >= 4 is 5.95 Å². The van der Waals surface area contributed by atoms with Gasteiger partial charge < -0.3 is 10.2 Å². The number of aromatic amines is 1. The molecule has 8 nitrogen and oxygen atoms in total. The first-order valence-corrected chi connectivity index (χ1v) is 3.62. The minimum atomic E-state index is -0.196. The van der Waals surface area contributed by atoms with Crippen LogP contribution in [0, 0.1) is 5.53 Å². The molecule has 0 spiro atoms. The number of H-pyrrole nitrogens is 1. The Labute approximate surface area is 77.3 Å². The number of rotatable bonds is 2. The summed E-state index contributed by atoms with van der Waals surface area (Å²) >= 11 is 0. The predicted octanol–water partition coefficient (Wildman–Crippen LogP) is 0.669. The van der Waals surface area contributed by atoms with E-state index in [0.29, 0.717) is 0 Å². The molecule has 0 atom stereocenters. The topological polar surface area (TPSA) is 123 Å². The summed E-state index contributed by atoms with van der Waals surface area (Å²) in [5, 5.41) is 27.6. The minimum absolute atomic E-state index is 0.00694. The van der Waals surface area contributed by atoms with Gasteiger partial charge in [0.25, 0.3) is 11.9 Å². The molecule has 2 aromatic heterocycles. The summed E-state index contributed by atoms with van der Waals surface area (Å²) in [7, 11) is 0. The van der Waals surface area contributed by atoms with E-state index >= 15 is 0 Å². The maximum atomic E-state index is 9.30. The van der Waals surface area contributed by atoms with Gasteiger partial charge in [0.15, 0.2) is 0 Å². The molecule has 14 heavy (non-hydrogen) atoms. The zero-order valence-corrected chi connectivity index (χ0v) is 6.84. The maximum absolute atomic E-state index is 9.30. The highest BCUT2D eigenvalue weighted by atomic mass is 16.3. The summed E-state index contributed by atoms with van der Waals surface area (Å²) in [5.41, 5.74) is 6.65. The predicted molar refractivity (Wildman–Crippen MR) is 43.8 cm³/mol. The molecule has 0 fully saturated rings. The van der Waals surface area contributed by atoms with Crippen molar-refractivity contribution in [2.45, 2.75) is 0 Å². The minimum Gasteiger partial charge on any atom is -0.494 e. The van der Waals surface area contributed by atoms with Crippen LogP contribution in [0.25, 0.3) is 5.95 Å². The summed E-state index contributed by atoms with van der Waals surface area (Å²) in [5.74, 6) is -0.375. The molecular weight excluding hydrogens is 188 g/mol. The third kappa shape index (κ3) is 1.09. The van der Waals surface area contributed by atoms with Gasteiger partial charge >= 0.3 is 0 Å². The van der Waals surface area contributed by atoms with Crippen molar-refractivity contribution in [1.29, 1.82) is 5.53 Å². The van der Waals surface area contributed by atoms with Gasteiger partial charge in [0.05, 0.1) is 0 Å². The van der Waals surface area contributed by atoms with Crippen LogP contribution >= 0.6 is 0 Å². The second-order valence-corrected chi connectivity index (χ2v) is 2.46. The van der Waals surface area contributed by atoms with Gasteiger partial charge in [-0.1, -0.05) is 0 Å². The molecule has 0 aliphatic heterocycles. The molecule has 0 saturated heterocycles. The van der Waals surface area contributed by atoms with Crippen molar-refractivity contribution in [3.63, 3.8) is 0 Å². The molecule has 0 aliphatic rings. The van der Waals surface area contributed by atoms with Crippen molar-refractivity contribution in [3.05, 3.63) is 12.1 Å². The zero-order valence-electron chi connectivity index (χ0n) is 6.84. The van der Waals surface area contributed by atoms with E-state index in [1.54, 1.807) is 0 Å². The Bertz CT molecular complexity index is 453. The smallest absolute Gasteiger partial charge is 0.265 e. The Balaban J connectivity index is 2.53. The molecule has 2 heterocycles. The largest absolute Gasteiger partial charge is 0.494 e. The van der Waals surface area contributed by atoms with Crippen LogP contribution in [0.2, 0.25) is 0 Å². The fourth-order valence-corrected chi connectivity index (χ4v) is 1.02. The zero-order chi connectivity index (χ0) is 10.1. The highest BCUT2D eigenvalue weighted by molar-refractivity contribution is 5.34. The molecule has 2 aromatic rings. The number of nitrogens with one attached hydrogen (secondary N) is 2. The second-order valence-electron chi connectivity index (χ2n) is 2.46. The van der Waals surface area contributed by atoms with E-state index in [4.69, 9.17) is 5.53 Å². The van der Waals surface area contributed by atoms with Crippen LogP contribution < -0.4 is 0 Å². The van der Waals surface area contributed by atoms with Crippen molar-refractivity contribution in [1.82, 2.24) is 19.7 Å². The second kappa shape index (κ2) is 2.83. The Kier molecular flexibility index (Phi) is 1.67. The van der Waals surface area contributed by atoms with E-state index in [-0.39, 0.29) is 23.7 Å². The lowest BCUT2D eigenvalue weighted by Crippen LogP contribution is -1.94. The van der Waals surface area contributed by atoms with E-state index < -0.39 is 0 Å². The Morgan fingerprint density at radius 3 is 2.50 bits per heavy atom. The Hall–Kier alpha value is -2.38. The monoisotopic (exact) mass is 194 g/mol. The number of hydrogen-bond acceptors (Lipinski definition) is 6. The van der Waals surface area contributed by atoms with Gasteiger partial charge in [0.1, 0.15) is 0 Å². The SMILES string of the molecule is N=Nc1nc(-n2c(O)ccc2O)n[nH]1. The molecule has 0 amide bonds. The third-order valence-corrected chi connectivity index (χ3v) is 1.61. The van der Waals surface area contributed by atoms with Crippen molar-refractivity contribution in [3.8, 4) is 17.7 Å². The average Bonchev–Trinajstić information content (AvgIpc) is 2.73. The third-order valence-electron chi connectivity index (χ3n) is 1.61. The highest BCUT2D eigenvalue weighted by Crippen LogP contribution is 2.24. The van der Waals surface area contributed by atoms with E-state index in [0.717, 1.165) is 4.57 Å². The highest BCUT2D eigenvalue weighted by Gasteiger charge is 2.12. The summed E-state index contributed by atoms with van der Waals surface area (Å²) in [6.45, 7) is 0. The Morgan fingerprint density at radius 1 is 1.36 bits per heavy atom. The van der Waals surface area contributed by atoms with Gasteiger partial charge in [0.2, 0.25) is 11.8 Å². The number of hydrogen-bond donors (Lipinski definition) is 4. The molecule has 0 aromatic carbocycles. The molecule has 0 radical (unpaired) electrons. The summed E-state index contributed by atoms with van der Waals surface area (Å²) < 4.78 is 1.01. The first kappa shape index (κ1) is 8.23. The van der Waals surface area contributed by atoms with Gasteiger partial charge in [-0.25, -0.2) is 15.2 Å². The summed E-state index contributed by atoms with van der Waals surface area (Å²) in [6, 6.07) is 2.59. The van der Waals surface area contributed by atoms with Crippen LogP contribution in [-0.4, -0.2) is 30.0 Å². The fraction of sp³-hybridized carbons (Fsp3) is 0. The van der Waals surface area contributed by atoms with Gasteiger partial charge in [0, 0.05) is 12.1 Å². The lowest BCUT2D eigenvalue weighted by Gasteiger charge is -1.98. The van der Waals surface area contributed by atoms with Crippen LogP contribution in [0.15, 0.2) is 17.2 Å². The summed E-state index contributed by atoms with van der Waals surface area (Å²) in [6.07, 6.45) is 0. The maximum Gasteiger partial charge on any atom is 0.265 e. The summed E-state index contributed by atoms with van der Waals surface area (Å²) in [4.78, 5) is 3.72. The lowest BCUT2D eigenvalue weighted by molar-refractivity contribution is 0.399. The number of nitrogens with zero attached hydrogens (tertiary/aromatic N) is 4. The van der Waals surface area contributed by atoms with Gasteiger partial charge in [-0.3, -0.25) is 0 Å². The molecular formula is C6H6N6O2. The first-order valence-electron chi connectivity index (χ1n) is 3.62.